The van der Waals surface area contributed by atoms with Crippen LogP contribution in [0.15, 0.2) is 24.8 Å². The fraction of sp³-hybridized carbons (Fsp3) is 0.357. The fourth-order valence-corrected chi connectivity index (χ4v) is 1.92. The smallest absolute Gasteiger partial charge is 0.321 e. The number of carbonyl (C=O) groups excluding carboxylic acids is 1. The molecule has 0 bridgehead atoms. The second kappa shape index (κ2) is 6.45. The van der Waals surface area contributed by atoms with E-state index in [2.05, 4.69) is 11.9 Å². The number of carbonyl (C=O) groups is 1. The number of halogens is 1. The molecule has 1 rings (SSSR count). The topological polar surface area (TPSA) is 32.3 Å². The van der Waals surface area contributed by atoms with E-state index in [0.29, 0.717) is 18.1 Å². The number of hydrogen-bond acceptors (Lipinski definition) is 1. The van der Waals surface area contributed by atoms with E-state index < -0.39 is 0 Å². The van der Waals surface area contributed by atoms with Gasteiger partial charge < -0.3 is 10.2 Å². The zero-order valence-electron chi connectivity index (χ0n) is 11.1. The summed E-state index contributed by atoms with van der Waals surface area (Å²) in [7, 11) is 0. The molecule has 98 valence electrons. The van der Waals surface area contributed by atoms with Crippen LogP contribution in [0, 0.1) is 0 Å². The van der Waals surface area contributed by atoms with Gasteiger partial charge in [0.25, 0.3) is 0 Å². The number of allylic oxidation sites excluding steroid dienone is 1. The zero-order valence-corrected chi connectivity index (χ0v) is 11.8. The van der Waals surface area contributed by atoms with Crippen LogP contribution >= 0.6 is 11.6 Å². The van der Waals surface area contributed by atoms with Gasteiger partial charge in [-0.25, -0.2) is 4.79 Å². The summed E-state index contributed by atoms with van der Waals surface area (Å²) < 4.78 is 0. The van der Waals surface area contributed by atoms with Crippen molar-refractivity contribution >= 4 is 28.9 Å². The summed E-state index contributed by atoms with van der Waals surface area (Å²) in [6.45, 7) is 11.0. The minimum atomic E-state index is -0.102. The zero-order chi connectivity index (χ0) is 13.7. The molecule has 0 aliphatic rings. The summed E-state index contributed by atoms with van der Waals surface area (Å²) in [5, 5.41) is 3.50. The van der Waals surface area contributed by atoms with Crippen LogP contribution in [0.1, 0.15) is 26.3 Å². The average Bonchev–Trinajstić information content (AvgIpc) is 2.32. The Kier molecular flexibility index (Phi) is 5.23. The molecule has 0 aliphatic heterocycles. The van der Waals surface area contributed by atoms with Crippen LogP contribution in [-0.2, 0) is 0 Å². The van der Waals surface area contributed by atoms with Gasteiger partial charge in [0.05, 0.1) is 0 Å². The van der Waals surface area contributed by atoms with Gasteiger partial charge in [-0.05, 0) is 50.1 Å². The minimum Gasteiger partial charge on any atom is -0.325 e. The lowest BCUT2D eigenvalue weighted by Gasteiger charge is -2.19. The molecule has 1 aromatic carbocycles. The molecular formula is C14H19ClN2O. The summed E-state index contributed by atoms with van der Waals surface area (Å²) in [6, 6.07) is 5.29. The first-order valence-corrected chi connectivity index (χ1v) is 6.38. The monoisotopic (exact) mass is 266 g/mol. The molecule has 1 N–H and O–H groups in total. The van der Waals surface area contributed by atoms with Gasteiger partial charge in [-0.2, -0.15) is 0 Å². The van der Waals surface area contributed by atoms with E-state index in [4.69, 9.17) is 11.6 Å². The molecule has 0 heterocycles. The first-order chi connectivity index (χ1) is 8.49. The molecule has 0 saturated carbocycles. The predicted octanol–water partition coefficient (Wildman–Crippen LogP) is 4.25. The minimum absolute atomic E-state index is 0.102. The van der Waals surface area contributed by atoms with Crippen LogP contribution in [0.5, 0.6) is 0 Å². The first kappa shape index (κ1) is 14.6. The van der Waals surface area contributed by atoms with Crippen LogP contribution in [0.4, 0.5) is 10.5 Å². The van der Waals surface area contributed by atoms with Gasteiger partial charge in [-0.15, -0.1) is 0 Å². The van der Waals surface area contributed by atoms with Crippen molar-refractivity contribution in [3.63, 3.8) is 0 Å². The van der Waals surface area contributed by atoms with E-state index in [9.17, 15) is 4.79 Å². The van der Waals surface area contributed by atoms with Crippen molar-refractivity contribution in [1.29, 1.82) is 0 Å². The van der Waals surface area contributed by atoms with E-state index in [-0.39, 0.29) is 6.03 Å². The molecule has 0 unspecified atom stereocenters. The van der Waals surface area contributed by atoms with Crippen LogP contribution < -0.4 is 5.32 Å². The maximum absolute atomic E-state index is 11.9. The number of benzene rings is 1. The highest BCUT2D eigenvalue weighted by Crippen LogP contribution is 2.26. The van der Waals surface area contributed by atoms with Gasteiger partial charge in [0.15, 0.2) is 0 Å². The lowest BCUT2D eigenvalue weighted by Crippen LogP contribution is -2.34. The normalized spacial score (nSPS) is 10.0. The second-order valence-electron chi connectivity index (χ2n) is 4.08. The number of rotatable bonds is 4. The Balaban J connectivity index is 2.89. The highest BCUT2D eigenvalue weighted by atomic mass is 35.5. The molecule has 0 saturated heterocycles. The van der Waals surface area contributed by atoms with Crippen molar-refractivity contribution in [2.24, 2.45) is 0 Å². The quantitative estimate of drug-likeness (QED) is 0.868. The third kappa shape index (κ3) is 3.50. The van der Waals surface area contributed by atoms with Crippen LogP contribution in [-0.4, -0.2) is 24.0 Å². The van der Waals surface area contributed by atoms with E-state index in [1.165, 1.54) is 0 Å². The number of urea groups is 1. The molecule has 3 nitrogen and oxygen atoms in total. The molecule has 0 radical (unpaired) electrons. The predicted molar refractivity (Wildman–Crippen MR) is 78.1 cm³/mol. The molecular weight excluding hydrogens is 248 g/mol. The summed E-state index contributed by atoms with van der Waals surface area (Å²) in [5.41, 5.74) is 2.46. The van der Waals surface area contributed by atoms with Crippen molar-refractivity contribution in [3.8, 4) is 0 Å². The van der Waals surface area contributed by atoms with Crippen molar-refractivity contribution in [3.05, 3.63) is 35.4 Å². The lowest BCUT2D eigenvalue weighted by molar-refractivity contribution is 0.217. The Morgan fingerprint density at radius 2 is 2.00 bits per heavy atom. The van der Waals surface area contributed by atoms with E-state index >= 15 is 0 Å². The number of nitrogens with zero attached hydrogens (tertiary/aromatic N) is 1. The van der Waals surface area contributed by atoms with Gasteiger partial charge in [0.2, 0.25) is 0 Å². The third-order valence-electron chi connectivity index (χ3n) is 2.73. The van der Waals surface area contributed by atoms with Crippen LogP contribution in [0.25, 0.3) is 5.57 Å². The van der Waals surface area contributed by atoms with E-state index in [0.717, 1.165) is 16.8 Å². The van der Waals surface area contributed by atoms with Crippen molar-refractivity contribution in [2.45, 2.75) is 20.8 Å². The Labute approximate surface area is 113 Å². The fourth-order valence-electron chi connectivity index (χ4n) is 1.64. The molecule has 18 heavy (non-hydrogen) atoms. The third-order valence-corrected chi connectivity index (χ3v) is 3.06. The molecule has 0 aliphatic carbocycles. The molecule has 4 heteroatoms. The summed E-state index contributed by atoms with van der Waals surface area (Å²) in [5.74, 6) is 0. The summed E-state index contributed by atoms with van der Waals surface area (Å²) in [4.78, 5) is 13.6. The van der Waals surface area contributed by atoms with Gasteiger partial charge in [0.1, 0.15) is 0 Å². The number of nitrogens with one attached hydrogen (secondary N) is 1. The molecule has 0 aromatic heterocycles. The van der Waals surface area contributed by atoms with Gasteiger partial charge in [-0.3, -0.25) is 0 Å². The Bertz CT molecular complexity index is 453. The Morgan fingerprint density at radius 3 is 2.50 bits per heavy atom. The Morgan fingerprint density at radius 1 is 1.39 bits per heavy atom. The van der Waals surface area contributed by atoms with Crippen molar-refractivity contribution in [1.82, 2.24) is 4.90 Å². The van der Waals surface area contributed by atoms with E-state index in [1.807, 2.05) is 26.8 Å². The highest BCUT2D eigenvalue weighted by molar-refractivity contribution is 6.32. The van der Waals surface area contributed by atoms with Crippen LogP contribution in [0.3, 0.4) is 0 Å². The molecule has 1 aromatic rings. The SMILES string of the molecule is C=C(C)c1cc(NC(=O)N(CC)CC)ccc1Cl. The summed E-state index contributed by atoms with van der Waals surface area (Å²) >= 11 is 6.06. The van der Waals surface area contributed by atoms with Gasteiger partial charge in [-0.1, -0.05) is 18.2 Å². The van der Waals surface area contributed by atoms with Crippen molar-refractivity contribution < 1.29 is 4.79 Å². The highest BCUT2D eigenvalue weighted by Gasteiger charge is 2.10. The molecule has 0 spiro atoms. The first-order valence-electron chi connectivity index (χ1n) is 6.00. The lowest BCUT2D eigenvalue weighted by atomic mass is 10.1. The second-order valence-corrected chi connectivity index (χ2v) is 4.48. The van der Waals surface area contributed by atoms with Gasteiger partial charge in [0, 0.05) is 23.8 Å². The van der Waals surface area contributed by atoms with Crippen LogP contribution in [0.2, 0.25) is 5.02 Å². The number of hydrogen-bond donors (Lipinski definition) is 1. The maximum atomic E-state index is 11.9. The maximum Gasteiger partial charge on any atom is 0.321 e. The summed E-state index contributed by atoms with van der Waals surface area (Å²) in [6.07, 6.45) is 0. The molecule has 2 amide bonds. The Hall–Kier alpha value is -1.48. The number of anilines is 1. The number of amides is 2. The molecule has 0 fully saturated rings. The van der Waals surface area contributed by atoms with Gasteiger partial charge >= 0.3 is 6.03 Å². The van der Waals surface area contributed by atoms with E-state index in [1.54, 1.807) is 17.0 Å². The largest absolute Gasteiger partial charge is 0.325 e. The molecule has 0 atom stereocenters. The standard InChI is InChI=1S/C14H19ClN2O/c1-5-17(6-2)14(18)16-11-7-8-13(15)12(9-11)10(3)4/h7-9H,3,5-6H2,1-2,4H3,(H,16,18). The van der Waals surface area contributed by atoms with Crippen molar-refractivity contribution in [2.75, 3.05) is 18.4 Å². The average molecular weight is 267 g/mol.